The van der Waals surface area contributed by atoms with Crippen molar-refractivity contribution >= 4 is 35.0 Å². The Morgan fingerprint density at radius 2 is 1.60 bits per heavy atom. The molecule has 0 spiro atoms. The van der Waals surface area contributed by atoms with Crippen LogP contribution in [0.5, 0.6) is 0 Å². The number of carbonyl (C=O) groups excluding carboxylic acids is 2. The molecule has 0 aromatic heterocycles. The molecule has 1 N–H and O–H groups in total. The Balaban J connectivity index is 1.63. The Morgan fingerprint density at radius 1 is 0.971 bits per heavy atom. The minimum absolute atomic E-state index is 0.0755. The molecule has 1 fully saturated rings. The van der Waals surface area contributed by atoms with Crippen LogP contribution in [0.4, 0.5) is 11.4 Å². The van der Waals surface area contributed by atoms with E-state index in [1.807, 2.05) is 54.6 Å². The van der Waals surface area contributed by atoms with Crippen molar-refractivity contribution in [3.63, 3.8) is 0 Å². The standard InChI is InChI=1S/C29H27N3O2S/c1-2-3-10-21-15-17-22(18-16-21)19-26-28(34)32(24-13-8-5-9-14-24)29(35-26)25(20-30)27(33)31-23-11-6-4-7-12-23/h4-9,11-18,26H,2-3,10,19H2,1H3,(H,31,33)/b29-25-. The third-order valence-electron chi connectivity index (χ3n) is 5.81. The molecular formula is C29H27N3O2S. The van der Waals surface area contributed by atoms with Gasteiger partial charge in [-0.05, 0) is 54.7 Å². The average molecular weight is 482 g/mol. The normalized spacial score (nSPS) is 16.6. The van der Waals surface area contributed by atoms with Gasteiger partial charge in [0.1, 0.15) is 16.7 Å². The van der Waals surface area contributed by atoms with E-state index in [4.69, 9.17) is 0 Å². The summed E-state index contributed by atoms with van der Waals surface area (Å²) in [6.45, 7) is 2.18. The topological polar surface area (TPSA) is 73.2 Å². The summed E-state index contributed by atoms with van der Waals surface area (Å²) in [6.07, 6.45) is 3.87. The number of thioether (sulfide) groups is 1. The Kier molecular flexibility index (Phi) is 8.02. The number of hydrogen-bond acceptors (Lipinski definition) is 4. The number of rotatable bonds is 8. The summed E-state index contributed by atoms with van der Waals surface area (Å²) in [5, 5.41) is 12.6. The molecule has 5 nitrogen and oxygen atoms in total. The lowest BCUT2D eigenvalue weighted by molar-refractivity contribution is -0.117. The summed E-state index contributed by atoms with van der Waals surface area (Å²) >= 11 is 1.28. The van der Waals surface area contributed by atoms with Crippen molar-refractivity contribution in [1.82, 2.24) is 0 Å². The minimum atomic E-state index is -0.532. The van der Waals surface area contributed by atoms with Gasteiger partial charge >= 0.3 is 0 Å². The second-order valence-electron chi connectivity index (χ2n) is 8.35. The van der Waals surface area contributed by atoms with Gasteiger partial charge in [-0.2, -0.15) is 5.26 Å². The maximum absolute atomic E-state index is 13.6. The van der Waals surface area contributed by atoms with Crippen molar-refractivity contribution in [3.05, 3.63) is 107 Å². The van der Waals surface area contributed by atoms with E-state index in [2.05, 4.69) is 36.5 Å². The van der Waals surface area contributed by atoms with Crippen LogP contribution in [0.25, 0.3) is 0 Å². The zero-order valence-corrected chi connectivity index (χ0v) is 20.4. The molecule has 4 rings (SSSR count). The first-order chi connectivity index (χ1) is 17.1. The number of anilines is 2. The van der Waals surface area contributed by atoms with Gasteiger partial charge in [-0.15, -0.1) is 0 Å². The van der Waals surface area contributed by atoms with E-state index in [-0.39, 0.29) is 11.5 Å². The van der Waals surface area contributed by atoms with Gasteiger partial charge in [-0.1, -0.05) is 85.8 Å². The Bertz CT molecular complexity index is 1250. The molecule has 176 valence electrons. The van der Waals surface area contributed by atoms with Gasteiger partial charge < -0.3 is 5.32 Å². The van der Waals surface area contributed by atoms with Gasteiger partial charge in [-0.3, -0.25) is 14.5 Å². The molecule has 1 aliphatic rings. The van der Waals surface area contributed by atoms with Gasteiger partial charge in [0.25, 0.3) is 5.91 Å². The van der Waals surface area contributed by atoms with Crippen LogP contribution in [0.2, 0.25) is 0 Å². The highest BCUT2D eigenvalue weighted by Gasteiger charge is 2.40. The van der Waals surface area contributed by atoms with Crippen LogP contribution in [0.1, 0.15) is 30.9 Å². The molecule has 0 aliphatic carbocycles. The summed E-state index contributed by atoms with van der Waals surface area (Å²) in [4.78, 5) is 28.1. The van der Waals surface area contributed by atoms with Gasteiger partial charge in [0.05, 0.1) is 5.25 Å². The van der Waals surface area contributed by atoms with Crippen LogP contribution in [0, 0.1) is 11.3 Å². The SMILES string of the molecule is CCCCc1ccc(CC2S/C(=C(/C#N)C(=O)Nc3ccccc3)N(c3ccccc3)C2=O)cc1. The number of nitrogens with one attached hydrogen (secondary N) is 1. The number of nitrogens with zero attached hydrogens (tertiary/aromatic N) is 2. The largest absolute Gasteiger partial charge is 0.321 e. The summed E-state index contributed by atoms with van der Waals surface area (Å²) in [5.41, 5.74) is 3.49. The first-order valence-corrected chi connectivity index (χ1v) is 12.6. The molecule has 1 heterocycles. The second kappa shape index (κ2) is 11.5. The van der Waals surface area contributed by atoms with E-state index in [0.29, 0.717) is 22.8 Å². The smallest absolute Gasteiger partial charge is 0.269 e. The van der Waals surface area contributed by atoms with Gasteiger partial charge in [0, 0.05) is 11.4 Å². The predicted molar refractivity (Wildman–Crippen MR) is 142 cm³/mol. The second-order valence-corrected chi connectivity index (χ2v) is 9.54. The summed E-state index contributed by atoms with van der Waals surface area (Å²) in [6, 6.07) is 28.6. The third kappa shape index (κ3) is 5.82. The molecule has 1 saturated heterocycles. The van der Waals surface area contributed by atoms with E-state index in [1.54, 1.807) is 12.1 Å². The number of carbonyl (C=O) groups is 2. The molecule has 3 aromatic carbocycles. The molecule has 1 atom stereocenters. The average Bonchev–Trinajstić information content (AvgIpc) is 3.20. The number of para-hydroxylation sites is 2. The molecular weight excluding hydrogens is 454 g/mol. The lowest BCUT2D eigenvalue weighted by Crippen LogP contribution is -2.30. The summed E-state index contributed by atoms with van der Waals surface area (Å²) < 4.78 is 0. The minimum Gasteiger partial charge on any atom is -0.321 e. The lowest BCUT2D eigenvalue weighted by Gasteiger charge is -2.18. The molecule has 1 aliphatic heterocycles. The highest BCUT2D eigenvalue weighted by molar-refractivity contribution is 8.05. The van der Waals surface area contributed by atoms with Crippen LogP contribution < -0.4 is 10.2 Å². The monoisotopic (exact) mass is 481 g/mol. The van der Waals surface area contributed by atoms with Crippen LogP contribution in [-0.4, -0.2) is 17.1 Å². The van der Waals surface area contributed by atoms with Crippen LogP contribution in [0.3, 0.4) is 0 Å². The zero-order chi connectivity index (χ0) is 24.6. The lowest BCUT2D eigenvalue weighted by atomic mass is 10.0. The van der Waals surface area contributed by atoms with Crippen LogP contribution >= 0.6 is 11.8 Å². The Labute approximate surface area is 210 Å². The van der Waals surface area contributed by atoms with Crippen molar-refractivity contribution in [2.75, 3.05) is 10.2 Å². The van der Waals surface area contributed by atoms with Crippen molar-refractivity contribution in [1.29, 1.82) is 5.26 Å². The number of unbranched alkanes of at least 4 members (excludes halogenated alkanes) is 1. The first kappa shape index (κ1) is 24.3. The Hall–Kier alpha value is -3.82. The predicted octanol–water partition coefficient (Wildman–Crippen LogP) is 6.09. The molecule has 1 unspecified atom stereocenters. The van der Waals surface area contributed by atoms with Crippen LogP contribution in [-0.2, 0) is 22.4 Å². The highest BCUT2D eigenvalue weighted by atomic mass is 32.2. The van der Waals surface area contributed by atoms with Gasteiger partial charge in [0.15, 0.2) is 0 Å². The third-order valence-corrected chi connectivity index (χ3v) is 7.08. The number of nitriles is 1. The first-order valence-electron chi connectivity index (χ1n) is 11.7. The number of aryl methyl sites for hydroxylation is 1. The van der Waals surface area contributed by atoms with Crippen molar-refractivity contribution < 1.29 is 9.59 Å². The van der Waals surface area contributed by atoms with E-state index < -0.39 is 11.2 Å². The Morgan fingerprint density at radius 3 is 2.23 bits per heavy atom. The highest BCUT2D eigenvalue weighted by Crippen LogP contribution is 2.42. The molecule has 0 saturated carbocycles. The molecule has 0 radical (unpaired) electrons. The molecule has 0 bridgehead atoms. The number of hydrogen-bond donors (Lipinski definition) is 1. The molecule has 2 amide bonds. The van der Waals surface area contributed by atoms with Crippen LogP contribution in [0.15, 0.2) is 95.5 Å². The summed E-state index contributed by atoms with van der Waals surface area (Å²) in [5.74, 6) is -0.664. The number of amides is 2. The van der Waals surface area contributed by atoms with E-state index in [9.17, 15) is 14.9 Å². The van der Waals surface area contributed by atoms with E-state index in [1.165, 1.54) is 22.2 Å². The fraction of sp³-hybridized carbons (Fsp3) is 0.207. The molecule has 35 heavy (non-hydrogen) atoms. The van der Waals surface area contributed by atoms with E-state index in [0.717, 1.165) is 24.8 Å². The maximum atomic E-state index is 13.6. The van der Waals surface area contributed by atoms with Crippen molar-refractivity contribution in [2.24, 2.45) is 0 Å². The zero-order valence-electron chi connectivity index (χ0n) is 19.6. The fourth-order valence-electron chi connectivity index (χ4n) is 3.95. The van der Waals surface area contributed by atoms with Gasteiger partial charge in [0.2, 0.25) is 5.91 Å². The molecule has 3 aromatic rings. The van der Waals surface area contributed by atoms with Gasteiger partial charge in [-0.25, -0.2) is 0 Å². The van der Waals surface area contributed by atoms with Crippen molar-refractivity contribution in [3.8, 4) is 6.07 Å². The van der Waals surface area contributed by atoms with Crippen molar-refractivity contribution in [2.45, 2.75) is 37.9 Å². The quantitative estimate of drug-likeness (QED) is 0.312. The maximum Gasteiger partial charge on any atom is 0.269 e. The van der Waals surface area contributed by atoms with E-state index >= 15 is 0 Å². The fourth-order valence-corrected chi connectivity index (χ4v) is 5.26. The number of benzene rings is 3. The molecule has 6 heteroatoms. The summed E-state index contributed by atoms with van der Waals surface area (Å²) in [7, 11) is 0.